The Balaban J connectivity index is 1.33. The first-order valence-electron chi connectivity index (χ1n) is 29.9. The van der Waals surface area contributed by atoms with Crippen molar-refractivity contribution in [2.45, 2.75) is 219 Å². The van der Waals surface area contributed by atoms with Crippen LogP contribution in [0.5, 0.6) is 0 Å². The molecule has 4 fully saturated rings. The summed E-state index contributed by atoms with van der Waals surface area (Å²) >= 11 is 0. The molecule has 0 radical (unpaired) electrons. The Morgan fingerprint density at radius 1 is 0.821 bits per heavy atom. The van der Waals surface area contributed by atoms with Gasteiger partial charge in [-0.1, -0.05) is 126 Å². The highest BCUT2D eigenvalue weighted by Gasteiger charge is 2.78. The van der Waals surface area contributed by atoms with Gasteiger partial charge >= 0.3 is 35.9 Å². The van der Waals surface area contributed by atoms with E-state index in [-0.39, 0.29) is 54.9 Å². The fourth-order valence-corrected chi connectivity index (χ4v) is 12.2. The van der Waals surface area contributed by atoms with Gasteiger partial charge in [0.15, 0.2) is 17.5 Å². The van der Waals surface area contributed by atoms with E-state index in [1.165, 1.54) is 26.0 Å². The quantitative estimate of drug-likeness (QED) is 0.0444. The first-order valence-corrected chi connectivity index (χ1v) is 29.9. The van der Waals surface area contributed by atoms with Crippen LogP contribution >= 0.6 is 0 Å². The number of ketones is 1. The highest BCUT2D eigenvalue weighted by atomic mass is 16.6. The van der Waals surface area contributed by atoms with Crippen LogP contribution < -0.4 is 5.32 Å². The molecule has 1 heterocycles. The number of aliphatic hydroxyl groups is 2. The van der Waals surface area contributed by atoms with Crippen molar-refractivity contribution < 1.29 is 76.9 Å². The predicted molar refractivity (Wildman–Crippen MR) is 316 cm³/mol. The number of carbonyl (C=O) groups excluding carboxylic acids is 7. The second kappa shape index (κ2) is 29.1. The molecule has 460 valence electrons. The zero-order valence-corrected chi connectivity index (χ0v) is 51.1. The third-order valence-corrected chi connectivity index (χ3v) is 16.7. The third kappa shape index (κ3) is 16.1. The molecule has 1 amide bonds. The summed E-state index contributed by atoms with van der Waals surface area (Å²) < 4.78 is 43.1. The SMILES string of the molecule is CC/C=C\C/C=C\C/C=C\C/C=C\C/C=C\C/C=C\CCC(=O)O[C@@H](C(=O)O[C@H]1C[C@@]2(O)[C@@H](OC(=O)c3ccccc3)C3[C@](C)(C(=O)[C@H](OC(=O)C4CC4)C(=C1C)C2(C)C)[C@@H](O)C[C@H]1OC[C@@]31OC(C)=O)[C@H](CC(C)C)NC(=O)OC(C)(C)C. The van der Waals surface area contributed by atoms with Crippen LogP contribution in [0.1, 0.15) is 170 Å². The van der Waals surface area contributed by atoms with Crippen molar-refractivity contribution in [1.82, 2.24) is 5.32 Å². The number of nitrogens with one attached hydrogen (secondary N) is 1. The molecule has 17 heteroatoms. The number of rotatable bonds is 26. The van der Waals surface area contributed by atoms with Crippen LogP contribution in [0, 0.1) is 28.6 Å². The standard InChI is InChI=1S/C67H91NO16/c1-12-13-14-15-16-17-18-19-20-21-22-23-24-25-26-27-28-29-33-36-52(71)80-54(48(39-43(2)3)68-62(76)84-63(6,7)8)61(75)79-49-41-67(77)58(82-60(74)46-34-31-30-32-35-46)56-65(11,50(70)40-51-66(56,42-78-51)83-45(5)69)57(72)55(81-59(73)47-37-38-47)53(44(49)4)64(67,9)10/h13-14,16-17,19-20,22-23,25-26,28-32,34-35,43,47-51,54-56,58,70,77H,12,15,18,21,24,27,33,36-42H2,1-11H3,(H,68,76)/b14-13-,17-16-,20-19-,23-22-,26-25-,29-28-/t48-,49-,50-,51+,54+,55+,56?,58-,65+,66-,67+/m0/s1. The molecular weight excluding hydrogens is 1070 g/mol. The lowest BCUT2D eigenvalue weighted by Crippen LogP contribution is -2.82. The maximum atomic E-state index is 16.0. The van der Waals surface area contributed by atoms with Gasteiger partial charge in [-0.25, -0.2) is 14.4 Å². The van der Waals surface area contributed by atoms with E-state index in [9.17, 15) is 34.2 Å². The molecule has 1 aliphatic heterocycles. The molecule has 2 bridgehead atoms. The lowest BCUT2D eigenvalue weighted by Gasteiger charge is -2.67. The van der Waals surface area contributed by atoms with Gasteiger partial charge in [-0.05, 0) is 128 Å². The smallest absolute Gasteiger partial charge is 0.408 e. The van der Waals surface area contributed by atoms with E-state index in [4.69, 9.17) is 33.2 Å². The van der Waals surface area contributed by atoms with E-state index in [1.807, 2.05) is 32.1 Å². The summed E-state index contributed by atoms with van der Waals surface area (Å²) in [5, 5.41) is 29.2. The number of amides is 1. The number of hydrogen-bond acceptors (Lipinski definition) is 16. The zero-order valence-electron chi connectivity index (χ0n) is 51.1. The van der Waals surface area contributed by atoms with E-state index < -0.39 is 130 Å². The average Bonchev–Trinajstić information content (AvgIpc) is 0.720. The van der Waals surface area contributed by atoms with Gasteiger partial charge in [0.25, 0.3) is 0 Å². The van der Waals surface area contributed by atoms with Crippen LogP contribution in [0.3, 0.4) is 0 Å². The van der Waals surface area contributed by atoms with Crippen molar-refractivity contribution in [3.63, 3.8) is 0 Å². The third-order valence-electron chi connectivity index (χ3n) is 16.7. The summed E-state index contributed by atoms with van der Waals surface area (Å²) in [6.45, 7) is 17.9. The van der Waals surface area contributed by atoms with Crippen molar-refractivity contribution in [1.29, 1.82) is 0 Å². The number of aliphatic hydroxyl groups excluding tert-OH is 1. The Morgan fingerprint density at radius 2 is 1.39 bits per heavy atom. The van der Waals surface area contributed by atoms with Crippen molar-refractivity contribution >= 4 is 41.7 Å². The minimum Gasteiger partial charge on any atom is -0.455 e. The molecule has 1 unspecified atom stereocenters. The molecule has 17 nitrogen and oxygen atoms in total. The summed E-state index contributed by atoms with van der Waals surface area (Å²) in [5.41, 5.74) is -8.71. The molecular formula is C67H91NO16. The Bertz CT molecular complexity index is 2720. The Morgan fingerprint density at radius 3 is 1.90 bits per heavy atom. The summed E-state index contributed by atoms with van der Waals surface area (Å²) in [6.07, 6.45) is 20.0. The van der Waals surface area contributed by atoms with Gasteiger partial charge in [0.1, 0.15) is 29.5 Å². The minimum absolute atomic E-state index is 0.0183. The molecule has 6 rings (SSSR count). The van der Waals surface area contributed by atoms with E-state index in [1.54, 1.807) is 59.7 Å². The molecule has 4 aliphatic carbocycles. The summed E-state index contributed by atoms with van der Waals surface area (Å²) in [7, 11) is 0. The summed E-state index contributed by atoms with van der Waals surface area (Å²) in [6, 6.07) is 6.68. The molecule has 11 atom stereocenters. The lowest BCUT2D eigenvalue weighted by molar-refractivity contribution is -0.346. The van der Waals surface area contributed by atoms with Crippen molar-refractivity contribution in [2.24, 2.45) is 28.6 Å². The molecule has 84 heavy (non-hydrogen) atoms. The Labute approximate surface area is 496 Å². The number of alkyl carbamates (subject to hydrolysis) is 1. The fourth-order valence-electron chi connectivity index (χ4n) is 12.2. The van der Waals surface area contributed by atoms with Crippen molar-refractivity contribution in [3.8, 4) is 0 Å². The average molecular weight is 1170 g/mol. The number of allylic oxidation sites excluding steroid dienone is 12. The van der Waals surface area contributed by atoms with E-state index in [0.29, 0.717) is 19.3 Å². The molecule has 1 saturated heterocycles. The number of benzene rings is 1. The number of hydrogen-bond donors (Lipinski definition) is 3. The molecule has 0 aromatic heterocycles. The lowest BCUT2D eigenvalue weighted by atomic mass is 9.44. The van der Waals surface area contributed by atoms with Crippen LogP contribution in [0.15, 0.2) is 114 Å². The van der Waals surface area contributed by atoms with Crippen LogP contribution in [-0.4, -0.2) is 118 Å². The van der Waals surface area contributed by atoms with Crippen molar-refractivity contribution in [3.05, 3.63) is 120 Å². The number of fused-ring (bicyclic) bond motifs is 5. The van der Waals surface area contributed by atoms with Gasteiger partial charge in [-0.3, -0.25) is 19.2 Å². The molecule has 3 N–H and O–H groups in total. The van der Waals surface area contributed by atoms with Gasteiger partial charge in [-0.2, -0.15) is 0 Å². The highest BCUT2D eigenvalue weighted by Crippen LogP contribution is 2.64. The molecule has 1 aromatic carbocycles. The summed E-state index contributed by atoms with van der Waals surface area (Å²) in [4.78, 5) is 101. The van der Waals surface area contributed by atoms with Crippen LogP contribution in [0.25, 0.3) is 0 Å². The van der Waals surface area contributed by atoms with E-state index in [0.717, 1.165) is 32.1 Å². The number of esters is 5. The zero-order chi connectivity index (χ0) is 61.6. The largest absolute Gasteiger partial charge is 0.455 e. The van der Waals surface area contributed by atoms with Gasteiger partial charge in [0, 0.05) is 31.6 Å². The van der Waals surface area contributed by atoms with Crippen LogP contribution in [0.4, 0.5) is 4.79 Å². The van der Waals surface area contributed by atoms with E-state index in [2.05, 4.69) is 66.9 Å². The Hall–Kier alpha value is -6.43. The molecule has 3 saturated carbocycles. The first-order chi connectivity index (χ1) is 39.7. The van der Waals surface area contributed by atoms with Crippen LogP contribution in [-0.2, 0) is 57.1 Å². The van der Waals surface area contributed by atoms with Gasteiger partial charge in [0.05, 0.1) is 41.6 Å². The topological polar surface area (TPSA) is 237 Å². The van der Waals surface area contributed by atoms with Gasteiger partial charge < -0.3 is 48.7 Å². The number of Topliss-reactive ketones (excluding diaryl/α,β-unsaturated/α-hetero) is 1. The second-order valence-corrected chi connectivity index (χ2v) is 25.0. The first kappa shape index (κ1) is 66.7. The number of carbonyl (C=O) groups is 7. The summed E-state index contributed by atoms with van der Waals surface area (Å²) in [5.74, 6) is -7.49. The molecule has 0 spiro atoms. The molecule has 5 aliphatic rings. The number of ether oxygens (including phenoxy) is 7. The minimum atomic E-state index is -2.43. The monoisotopic (exact) mass is 1170 g/mol. The maximum Gasteiger partial charge on any atom is 0.408 e. The Kier molecular flexibility index (Phi) is 23.1. The predicted octanol–water partition coefficient (Wildman–Crippen LogP) is 10.9. The van der Waals surface area contributed by atoms with Crippen molar-refractivity contribution in [2.75, 3.05) is 6.61 Å². The normalized spacial score (nSPS) is 28.4. The highest BCUT2D eigenvalue weighted by molar-refractivity contribution is 5.96. The molecule has 1 aromatic rings. The van der Waals surface area contributed by atoms with E-state index >= 15 is 9.59 Å². The van der Waals surface area contributed by atoms with Gasteiger partial charge in [-0.15, -0.1) is 0 Å². The fraction of sp³-hybridized carbons (Fsp3) is 0.597. The maximum absolute atomic E-state index is 16.0. The van der Waals surface area contributed by atoms with Crippen LogP contribution in [0.2, 0.25) is 0 Å². The second-order valence-electron chi connectivity index (χ2n) is 25.0. The van der Waals surface area contributed by atoms with Gasteiger partial charge in [0.2, 0.25) is 6.10 Å².